The lowest BCUT2D eigenvalue weighted by Gasteiger charge is -2.44. The summed E-state index contributed by atoms with van der Waals surface area (Å²) in [6.45, 7) is 3.62. The van der Waals surface area contributed by atoms with Gasteiger partial charge in [0.05, 0.1) is 12.2 Å². The molecule has 1 spiro atoms. The molecule has 0 saturated carbocycles. The van der Waals surface area contributed by atoms with Gasteiger partial charge in [-0.05, 0) is 43.5 Å². The van der Waals surface area contributed by atoms with Crippen LogP contribution in [0.4, 0.5) is 0 Å². The third-order valence-corrected chi connectivity index (χ3v) is 6.37. The number of aromatic carboxylic acids is 1. The summed E-state index contributed by atoms with van der Waals surface area (Å²) in [4.78, 5) is 31.6. The molecule has 1 saturated heterocycles. The monoisotopic (exact) mass is 372 g/mol. The normalized spacial score (nSPS) is 18.6. The fourth-order valence-corrected chi connectivity index (χ4v) is 4.90. The number of carbonyl (C=O) groups is 2. The summed E-state index contributed by atoms with van der Waals surface area (Å²) >= 11 is 1.35. The van der Waals surface area contributed by atoms with E-state index in [1.165, 1.54) is 11.3 Å². The molecule has 2 aliphatic rings. The molecule has 4 heterocycles. The topological polar surface area (TPSA) is 79.7 Å². The van der Waals surface area contributed by atoms with Gasteiger partial charge in [-0.25, -0.2) is 9.78 Å². The fraction of sp³-hybridized carbons (Fsp3) is 0.421. The van der Waals surface area contributed by atoms with Crippen molar-refractivity contribution >= 4 is 23.2 Å². The van der Waals surface area contributed by atoms with Gasteiger partial charge in [-0.2, -0.15) is 0 Å². The van der Waals surface area contributed by atoms with E-state index < -0.39 is 11.6 Å². The van der Waals surface area contributed by atoms with E-state index in [1.807, 2.05) is 24.0 Å². The van der Waals surface area contributed by atoms with Gasteiger partial charge >= 0.3 is 5.97 Å². The number of amides is 1. The molecule has 6 nitrogen and oxygen atoms in total. The standard InChI is InChI=1S/C19H20N2O4S/c1-12-3-2-4-14(20-12)17(22)21-8-6-19(7-9-21)13-11-16(18(23)24)26-15(13)5-10-25-19/h2-4,11H,5-10H2,1H3,(H,23,24). The number of fused-ring (bicyclic) bond motifs is 2. The summed E-state index contributed by atoms with van der Waals surface area (Å²) in [5.41, 5.74) is 1.83. The van der Waals surface area contributed by atoms with Gasteiger partial charge in [-0.3, -0.25) is 4.79 Å². The highest BCUT2D eigenvalue weighted by Crippen LogP contribution is 2.44. The average Bonchev–Trinajstić information content (AvgIpc) is 3.08. The number of pyridine rings is 1. The molecule has 0 unspecified atom stereocenters. The molecule has 4 rings (SSSR count). The minimum Gasteiger partial charge on any atom is -0.477 e. The summed E-state index contributed by atoms with van der Waals surface area (Å²) in [5.74, 6) is -0.950. The Morgan fingerprint density at radius 2 is 2.08 bits per heavy atom. The number of carbonyl (C=O) groups excluding carboxylic acids is 1. The number of aromatic nitrogens is 1. The van der Waals surface area contributed by atoms with Gasteiger partial charge in [0.25, 0.3) is 5.91 Å². The zero-order chi connectivity index (χ0) is 18.3. The first-order valence-corrected chi connectivity index (χ1v) is 9.53. The number of hydrogen-bond donors (Lipinski definition) is 1. The molecule has 1 fully saturated rings. The summed E-state index contributed by atoms with van der Waals surface area (Å²) in [6.07, 6.45) is 2.10. The van der Waals surface area contributed by atoms with E-state index >= 15 is 0 Å². The van der Waals surface area contributed by atoms with E-state index in [0.29, 0.717) is 43.1 Å². The Labute approximate surface area is 155 Å². The van der Waals surface area contributed by atoms with E-state index in [0.717, 1.165) is 22.6 Å². The van der Waals surface area contributed by atoms with Gasteiger partial charge in [-0.1, -0.05) is 6.07 Å². The van der Waals surface area contributed by atoms with Crippen molar-refractivity contribution in [2.75, 3.05) is 19.7 Å². The Hall–Kier alpha value is -2.25. The van der Waals surface area contributed by atoms with Crippen LogP contribution in [0.1, 0.15) is 49.1 Å². The average molecular weight is 372 g/mol. The Bertz CT molecular complexity index is 868. The lowest BCUT2D eigenvalue weighted by Crippen LogP contribution is -2.48. The van der Waals surface area contributed by atoms with Crippen molar-refractivity contribution < 1.29 is 19.4 Å². The van der Waals surface area contributed by atoms with Crippen LogP contribution in [0, 0.1) is 6.92 Å². The van der Waals surface area contributed by atoms with Crippen LogP contribution in [0.2, 0.25) is 0 Å². The van der Waals surface area contributed by atoms with Gasteiger partial charge < -0.3 is 14.7 Å². The van der Waals surface area contributed by atoms with Gasteiger partial charge in [0.15, 0.2) is 0 Å². The second-order valence-corrected chi connectivity index (χ2v) is 7.94. The number of carboxylic acid groups (broad SMARTS) is 1. The number of likely N-dealkylation sites (tertiary alicyclic amines) is 1. The molecular weight excluding hydrogens is 352 g/mol. The number of rotatable bonds is 2. The summed E-state index contributed by atoms with van der Waals surface area (Å²) in [6, 6.07) is 7.22. The third kappa shape index (κ3) is 2.91. The first-order valence-electron chi connectivity index (χ1n) is 8.72. The lowest BCUT2D eigenvalue weighted by atomic mass is 9.82. The second-order valence-electron chi connectivity index (χ2n) is 6.80. The molecule has 26 heavy (non-hydrogen) atoms. The molecule has 0 atom stereocenters. The molecule has 0 radical (unpaired) electrons. The van der Waals surface area contributed by atoms with Crippen molar-refractivity contribution in [2.45, 2.75) is 31.8 Å². The Balaban J connectivity index is 1.54. The van der Waals surface area contributed by atoms with E-state index in [9.17, 15) is 14.7 Å². The molecule has 2 aromatic heterocycles. The first kappa shape index (κ1) is 17.2. The maximum atomic E-state index is 12.7. The van der Waals surface area contributed by atoms with Crippen LogP contribution in [-0.4, -0.2) is 46.6 Å². The number of aryl methyl sites for hydroxylation is 1. The Kier molecular flexibility index (Phi) is 4.28. The predicted molar refractivity (Wildman–Crippen MR) is 96.7 cm³/mol. The van der Waals surface area contributed by atoms with E-state index in [4.69, 9.17) is 4.74 Å². The summed E-state index contributed by atoms with van der Waals surface area (Å²) < 4.78 is 6.14. The van der Waals surface area contributed by atoms with Crippen LogP contribution in [-0.2, 0) is 16.8 Å². The zero-order valence-electron chi connectivity index (χ0n) is 14.5. The molecule has 7 heteroatoms. The molecule has 1 N–H and O–H groups in total. The van der Waals surface area contributed by atoms with Crippen LogP contribution >= 0.6 is 11.3 Å². The number of thiophene rings is 1. The highest BCUT2D eigenvalue weighted by atomic mass is 32.1. The number of piperidine rings is 1. The minimum absolute atomic E-state index is 0.0591. The molecule has 0 aromatic carbocycles. The van der Waals surface area contributed by atoms with Crippen molar-refractivity contribution in [3.05, 3.63) is 51.0 Å². The quantitative estimate of drug-likeness (QED) is 0.877. The van der Waals surface area contributed by atoms with Crippen LogP contribution in [0.5, 0.6) is 0 Å². The highest BCUT2D eigenvalue weighted by Gasteiger charge is 2.43. The van der Waals surface area contributed by atoms with Crippen LogP contribution in [0.25, 0.3) is 0 Å². The van der Waals surface area contributed by atoms with E-state index in [2.05, 4.69) is 4.98 Å². The van der Waals surface area contributed by atoms with Gasteiger partial charge in [0, 0.05) is 30.1 Å². The predicted octanol–water partition coefficient (Wildman–Crippen LogP) is 2.85. The summed E-state index contributed by atoms with van der Waals surface area (Å²) in [7, 11) is 0. The van der Waals surface area contributed by atoms with Crippen LogP contribution < -0.4 is 0 Å². The molecular formula is C19H20N2O4S. The van der Waals surface area contributed by atoms with Crippen LogP contribution in [0.3, 0.4) is 0 Å². The molecule has 136 valence electrons. The Morgan fingerprint density at radius 3 is 2.77 bits per heavy atom. The second kappa shape index (κ2) is 6.48. The zero-order valence-corrected chi connectivity index (χ0v) is 15.3. The van der Waals surface area contributed by atoms with Crippen molar-refractivity contribution in [1.82, 2.24) is 9.88 Å². The number of carboxylic acids is 1. The largest absolute Gasteiger partial charge is 0.477 e. The maximum Gasteiger partial charge on any atom is 0.345 e. The van der Waals surface area contributed by atoms with Crippen LogP contribution in [0.15, 0.2) is 24.3 Å². The van der Waals surface area contributed by atoms with Crippen molar-refractivity contribution in [1.29, 1.82) is 0 Å². The first-order chi connectivity index (χ1) is 12.5. The number of nitrogens with zero attached hydrogens (tertiary/aromatic N) is 2. The van der Waals surface area contributed by atoms with Crippen molar-refractivity contribution in [3.63, 3.8) is 0 Å². The smallest absolute Gasteiger partial charge is 0.345 e. The van der Waals surface area contributed by atoms with E-state index in [-0.39, 0.29) is 5.91 Å². The molecule has 2 aliphatic heterocycles. The lowest BCUT2D eigenvalue weighted by molar-refractivity contribution is -0.0927. The van der Waals surface area contributed by atoms with Crippen molar-refractivity contribution in [3.8, 4) is 0 Å². The summed E-state index contributed by atoms with van der Waals surface area (Å²) in [5, 5.41) is 9.29. The maximum absolute atomic E-state index is 12.7. The molecule has 0 bridgehead atoms. The number of hydrogen-bond acceptors (Lipinski definition) is 5. The fourth-order valence-electron chi connectivity index (χ4n) is 3.83. The molecule has 0 aliphatic carbocycles. The highest BCUT2D eigenvalue weighted by molar-refractivity contribution is 7.14. The van der Waals surface area contributed by atoms with Crippen molar-refractivity contribution in [2.24, 2.45) is 0 Å². The SMILES string of the molecule is Cc1cccc(C(=O)N2CCC3(CC2)OCCc2sc(C(=O)O)cc23)n1. The molecule has 1 amide bonds. The molecule has 2 aromatic rings. The van der Waals surface area contributed by atoms with Gasteiger partial charge in [-0.15, -0.1) is 11.3 Å². The Morgan fingerprint density at radius 1 is 1.31 bits per heavy atom. The number of ether oxygens (including phenoxy) is 1. The third-order valence-electron chi connectivity index (χ3n) is 5.18. The minimum atomic E-state index is -0.891. The van der Waals surface area contributed by atoms with Gasteiger partial charge in [0.2, 0.25) is 0 Å². The van der Waals surface area contributed by atoms with Gasteiger partial charge in [0.1, 0.15) is 10.6 Å². The van der Waals surface area contributed by atoms with E-state index in [1.54, 1.807) is 12.1 Å².